The minimum atomic E-state index is -4.89. The van der Waals surface area contributed by atoms with Crippen LogP contribution in [-0.2, 0) is 29.2 Å². The van der Waals surface area contributed by atoms with E-state index >= 15 is 8.78 Å². The molecular formula is C34H37F5N4O5S. The van der Waals surface area contributed by atoms with Gasteiger partial charge in [-0.05, 0) is 75.7 Å². The van der Waals surface area contributed by atoms with Crippen LogP contribution in [0, 0.1) is 11.6 Å². The van der Waals surface area contributed by atoms with Gasteiger partial charge in [-0.15, -0.1) is 0 Å². The molecule has 0 saturated carbocycles. The van der Waals surface area contributed by atoms with Gasteiger partial charge in [0.25, 0.3) is 10.0 Å². The SMILES string of the molecule is COc1ccc(CN(c2ccon2)S(=O)(=O)c2c(F)cc(N3CCC[C@](CCc4cccc(C(F)(F)F)c4)(N(C)C)C3)cc2F)c(OC)c1. The number of rotatable bonds is 12. The first-order chi connectivity index (χ1) is 23.2. The zero-order valence-electron chi connectivity index (χ0n) is 27.4. The average molecular weight is 709 g/mol. The van der Waals surface area contributed by atoms with Crippen LogP contribution in [0.3, 0.4) is 0 Å². The number of nitrogens with zero attached hydrogens (tertiary/aromatic N) is 4. The fourth-order valence-corrected chi connectivity index (χ4v) is 7.73. The number of methoxy groups -OCH3 is 2. The summed E-state index contributed by atoms with van der Waals surface area (Å²) in [6.07, 6.45) is -1.15. The van der Waals surface area contributed by atoms with E-state index in [1.165, 1.54) is 26.4 Å². The van der Waals surface area contributed by atoms with E-state index in [-0.39, 0.29) is 17.3 Å². The standard InChI is InChI=1S/C34H37F5N4O5S/c1-41(2)33(14-11-23-7-5-8-25(17-23)34(37,38)39)13-6-15-42(22-33)26-18-28(35)32(29(36)19-26)49(44,45)43(31-12-16-48-40-31)21-24-9-10-27(46-3)20-30(24)47-4/h5,7-10,12,16-20H,6,11,13-15,21-22H2,1-4H3/t33-/m1/s1. The molecule has 1 atom stereocenters. The highest BCUT2D eigenvalue weighted by Crippen LogP contribution is 2.37. The Bertz CT molecular complexity index is 1850. The first-order valence-electron chi connectivity index (χ1n) is 15.4. The van der Waals surface area contributed by atoms with Crippen LogP contribution in [0.4, 0.5) is 33.5 Å². The minimum Gasteiger partial charge on any atom is -0.497 e. The van der Waals surface area contributed by atoms with Crippen LogP contribution in [0.15, 0.2) is 76.3 Å². The van der Waals surface area contributed by atoms with Crippen molar-refractivity contribution in [3.8, 4) is 11.5 Å². The summed E-state index contributed by atoms with van der Waals surface area (Å²) in [5, 5.41) is 3.73. The Hall–Kier alpha value is -4.37. The Morgan fingerprint density at radius 3 is 2.35 bits per heavy atom. The molecule has 0 amide bonds. The van der Waals surface area contributed by atoms with Crippen LogP contribution in [0.1, 0.15) is 36.0 Å². The summed E-state index contributed by atoms with van der Waals surface area (Å²) in [5.41, 5.74) is -0.218. The molecule has 0 bridgehead atoms. The number of ether oxygens (including phenoxy) is 2. The van der Waals surface area contributed by atoms with Gasteiger partial charge in [-0.2, -0.15) is 13.2 Å². The lowest BCUT2D eigenvalue weighted by Gasteiger charge is -2.48. The lowest BCUT2D eigenvalue weighted by Crippen LogP contribution is -2.56. The number of aromatic nitrogens is 1. The topological polar surface area (TPSA) is 88.3 Å². The van der Waals surface area contributed by atoms with Gasteiger partial charge in [-0.25, -0.2) is 21.5 Å². The van der Waals surface area contributed by atoms with Crippen molar-refractivity contribution in [2.45, 2.75) is 48.8 Å². The van der Waals surface area contributed by atoms with Crippen molar-refractivity contribution in [2.24, 2.45) is 0 Å². The first kappa shape index (κ1) is 35.9. The van der Waals surface area contributed by atoms with Crippen molar-refractivity contribution in [3.63, 3.8) is 0 Å². The largest absolute Gasteiger partial charge is 0.497 e. The van der Waals surface area contributed by atoms with Gasteiger partial charge in [0.2, 0.25) is 0 Å². The fraction of sp³-hybridized carbons (Fsp3) is 0.382. The molecule has 1 fully saturated rings. The highest BCUT2D eigenvalue weighted by atomic mass is 32.2. The van der Waals surface area contributed by atoms with Crippen molar-refractivity contribution in [1.82, 2.24) is 10.1 Å². The molecule has 264 valence electrons. The van der Waals surface area contributed by atoms with Crippen LogP contribution >= 0.6 is 0 Å². The third-order valence-corrected chi connectivity index (χ3v) is 10.8. The van der Waals surface area contributed by atoms with E-state index in [1.54, 1.807) is 29.2 Å². The Morgan fingerprint density at radius 1 is 1.00 bits per heavy atom. The highest BCUT2D eigenvalue weighted by molar-refractivity contribution is 7.92. The molecule has 0 radical (unpaired) electrons. The van der Waals surface area contributed by atoms with Gasteiger partial charge >= 0.3 is 6.18 Å². The Balaban J connectivity index is 1.43. The number of anilines is 2. The zero-order valence-corrected chi connectivity index (χ0v) is 28.2. The van der Waals surface area contributed by atoms with E-state index in [0.29, 0.717) is 55.6 Å². The molecule has 1 aliphatic rings. The first-order valence-corrected chi connectivity index (χ1v) is 16.8. The minimum absolute atomic E-state index is 0.142. The number of piperidine rings is 1. The summed E-state index contributed by atoms with van der Waals surface area (Å²) < 4.78 is 116. The quantitative estimate of drug-likeness (QED) is 0.147. The summed E-state index contributed by atoms with van der Waals surface area (Å²) in [6.45, 7) is 0.352. The van der Waals surface area contributed by atoms with Gasteiger partial charge in [-0.1, -0.05) is 23.4 Å². The summed E-state index contributed by atoms with van der Waals surface area (Å²) in [4.78, 5) is 2.60. The number of alkyl halides is 3. The number of likely N-dealkylation sites (N-methyl/N-ethyl adjacent to an activating group) is 1. The van der Waals surface area contributed by atoms with Crippen LogP contribution in [0.25, 0.3) is 0 Å². The van der Waals surface area contributed by atoms with Gasteiger partial charge in [0.05, 0.1) is 26.3 Å². The van der Waals surface area contributed by atoms with Crippen molar-refractivity contribution >= 4 is 21.5 Å². The fourth-order valence-electron chi connectivity index (χ4n) is 6.25. The smallest absolute Gasteiger partial charge is 0.416 e. The van der Waals surface area contributed by atoms with Crippen LogP contribution in [0.5, 0.6) is 11.5 Å². The van der Waals surface area contributed by atoms with E-state index in [0.717, 1.165) is 34.8 Å². The van der Waals surface area contributed by atoms with E-state index in [4.69, 9.17) is 14.0 Å². The van der Waals surface area contributed by atoms with Gasteiger partial charge in [0.1, 0.15) is 29.4 Å². The predicted molar refractivity (Wildman–Crippen MR) is 173 cm³/mol. The highest BCUT2D eigenvalue weighted by Gasteiger charge is 2.39. The molecule has 49 heavy (non-hydrogen) atoms. The second kappa shape index (κ2) is 14.2. The zero-order chi connectivity index (χ0) is 35.6. The number of sulfonamides is 1. The normalized spacial score (nSPS) is 17.0. The predicted octanol–water partition coefficient (Wildman–Crippen LogP) is 6.92. The van der Waals surface area contributed by atoms with E-state index < -0.39 is 50.4 Å². The second-order valence-electron chi connectivity index (χ2n) is 12.1. The van der Waals surface area contributed by atoms with Gasteiger partial charge in [-0.3, -0.25) is 0 Å². The third kappa shape index (κ3) is 7.62. The maximum Gasteiger partial charge on any atom is 0.416 e. The molecule has 0 spiro atoms. The lowest BCUT2D eigenvalue weighted by atomic mass is 9.82. The molecule has 1 aliphatic heterocycles. The molecule has 3 aromatic carbocycles. The maximum absolute atomic E-state index is 15.9. The van der Waals surface area contributed by atoms with Gasteiger partial charge in [0.15, 0.2) is 10.7 Å². The molecular weight excluding hydrogens is 671 g/mol. The summed E-state index contributed by atoms with van der Waals surface area (Å²) >= 11 is 0. The van der Waals surface area contributed by atoms with Crippen molar-refractivity contribution in [2.75, 3.05) is 50.6 Å². The molecule has 0 aliphatic carbocycles. The Labute approximate surface area is 281 Å². The summed E-state index contributed by atoms with van der Waals surface area (Å²) in [6, 6.07) is 13.1. The van der Waals surface area contributed by atoms with Crippen LogP contribution < -0.4 is 18.7 Å². The number of halogens is 5. The van der Waals surface area contributed by atoms with E-state index in [1.807, 2.05) is 19.0 Å². The maximum atomic E-state index is 15.9. The number of hydrogen-bond donors (Lipinski definition) is 0. The summed E-state index contributed by atoms with van der Waals surface area (Å²) in [5.74, 6) is -2.06. The molecule has 1 aromatic heterocycles. The number of benzene rings is 3. The van der Waals surface area contributed by atoms with Gasteiger partial charge < -0.3 is 23.8 Å². The monoisotopic (exact) mass is 708 g/mol. The van der Waals surface area contributed by atoms with E-state index in [9.17, 15) is 21.6 Å². The summed E-state index contributed by atoms with van der Waals surface area (Å²) in [7, 11) is 1.68. The lowest BCUT2D eigenvalue weighted by molar-refractivity contribution is -0.137. The van der Waals surface area contributed by atoms with E-state index in [2.05, 4.69) is 5.16 Å². The molecule has 4 aromatic rings. The molecule has 0 unspecified atom stereocenters. The average Bonchev–Trinajstić information content (AvgIpc) is 3.60. The van der Waals surface area contributed by atoms with Crippen molar-refractivity contribution < 1.29 is 44.4 Å². The van der Waals surface area contributed by atoms with Crippen LogP contribution in [0.2, 0.25) is 0 Å². The van der Waals surface area contributed by atoms with Crippen LogP contribution in [-0.4, -0.2) is 65.4 Å². The molecule has 5 rings (SSSR count). The Kier molecular flexibility index (Phi) is 10.4. The van der Waals surface area contributed by atoms with Crippen molar-refractivity contribution in [1.29, 1.82) is 0 Å². The molecule has 15 heteroatoms. The third-order valence-electron chi connectivity index (χ3n) is 9.02. The molecule has 0 N–H and O–H groups in total. The second-order valence-corrected chi connectivity index (χ2v) is 13.9. The number of hydrogen-bond acceptors (Lipinski definition) is 8. The van der Waals surface area contributed by atoms with Crippen molar-refractivity contribution in [3.05, 3.63) is 95.3 Å². The molecule has 9 nitrogen and oxygen atoms in total. The Morgan fingerprint density at radius 2 is 1.73 bits per heavy atom. The molecule has 2 heterocycles. The molecule has 1 saturated heterocycles. The number of aryl methyl sites for hydroxylation is 1. The van der Waals surface area contributed by atoms with Gasteiger partial charge in [0, 0.05) is 42.0 Å².